The van der Waals surface area contributed by atoms with Crippen LogP contribution in [0.2, 0.25) is 5.02 Å². The van der Waals surface area contributed by atoms with E-state index < -0.39 is 19.9 Å². The van der Waals surface area contributed by atoms with E-state index >= 15 is 0 Å². The van der Waals surface area contributed by atoms with Crippen LogP contribution >= 0.6 is 22.9 Å². The number of sulfonamides is 1. The van der Waals surface area contributed by atoms with Crippen LogP contribution < -0.4 is 4.72 Å². The Morgan fingerprint density at radius 3 is 2.52 bits per heavy atom. The molecule has 0 aliphatic heterocycles. The van der Waals surface area contributed by atoms with Crippen molar-refractivity contribution in [2.24, 2.45) is 0 Å². The van der Waals surface area contributed by atoms with Crippen LogP contribution in [0, 0.1) is 0 Å². The van der Waals surface area contributed by atoms with Gasteiger partial charge in [0.1, 0.15) is 0 Å². The lowest BCUT2D eigenvalue weighted by Gasteiger charge is -2.09. The molecule has 10 heteroatoms. The molecule has 2 aromatic carbocycles. The second kappa shape index (κ2) is 6.56. The van der Waals surface area contributed by atoms with Gasteiger partial charge >= 0.3 is 0 Å². The van der Waals surface area contributed by atoms with Gasteiger partial charge in [0.25, 0.3) is 0 Å². The molecule has 0 unspecified atom stereocenters. The van der Waals surface area contributed by atoms with Crippen molar-refractivity contribution >= 4 is 58.7 Å². The van der Waals surface area contributed by atoms with E-state index in [0.717, 1.165) is 17.6 Å². The Balaban J connectivity index is 1.88. The minimum atomic E-state index is -3.67. The Bertz CT molecular complexity index is 1150. The van der Waals surface area contributed by atoms with Crippen LogP contribution in [0.25, 0.3) is 10.2 Å². The first-order valence-electron chi connectivity index (χ1n) is 6.99. The molecule has 0 fully saturated rings. The minimum absolute atomic E-state index is 0.00132. The van der Waals surface area contributed by atoms with Crippen LogP contribution in [0.4, 0.5) is 5.69 Å². The monoisotopic (exact) mass is 416 g/mol. The van der Waals surface area contributed by atoms with Gasteiger partial charge in [-0.05, 0) is 29.8 Å². The summed E-state index contributed by atoms with van der Waals surface area (Å²) in [7, 11) is -7.07. The number of nitrogens with one attached hydrogen (secondary N) is 1. The summed E-state index contributed by atoms with van der Waals surface area (Å²) in [5.41, 5.74) is 1.33. The first-order chi connectivity index (χ1) is 11.6. The van der Waals surface area contributed by atoms with E-state index in [1.54, 1.807) is 36.4 Å². The topological polar surface area (TPSA) is 93.2 Å². The molecule has 132 valence electrons. The van der Waals surface area contributed by atoms with Gasteiger partial charge in [-0.1, -0.05) is 29.8 Å². The van der Waals surface area contributed by atoms with E-state index in [-0.39, 0.29) is 10.1 Å². The van der Waals surface area contributed by atoms with Crippen LogP contribution in [0.1, 0.15) is 5.56 Å². The van der Waals surface area contributed by atoms with Crippen LogP contribution in [0.3, 0.4) is 0 Å². The van der Waals surface area contributed by atoms with Gasteiger partial charge in [-0.3, -0.25) is 4.72 Å². The van der Waals surface area contributed by atoms with Gasteiger partial charge in [-0.25, -0.2) is 21.8 Å². The second-order valence-electron chi connectivity index (χ2n) is 5.39. The van der Waals surface area contributed by atoms with Crippen molar-refractivity contribution < 1.29 is 16.8 Å². The zero-order valence-electron chi connectivity index (χ0n) is 12.9. The summed E-state index contributed by atoms with van der Waals surface area (Å²) in [6, 6.07) is 11.4. The predicted octanol–water partition coefficient (Wildman–Crippen LogP) is 3.30. The lowest BCUT2D eigenvalue weighted by atomic mass is 10.2. The molecule has 1 aromatic heterocycles. The van der Waals surface area contributed by atoms with Gasteiger partial charge in [-0.2, -0.15) is 0 Å². The largest absolute Gasteiger partial charge is 0.283 e. The summed E-state index contributed by atoms with van der Waals surface area (Å²) in [6.45, 7) is 0. The number of sulfone groups is 1. The van der Waals surface area contributed by atoms with Crippen LogP contribution in [0.15, 0.2) is 46.8 Å². The minimum Gasteiger partial charge on any atom is -0.283 e. The molecule has 6 nitrogen and oxygen atoms in total. The molecule has 0 aliphatic rings. The van der Waals surface area contributed by atoms with Gasteiger partial charge < -0.3 is 0 Å². The quantitative estimate of drug-likeness (QED) is 0.688. The molecule has 0 saturated heterocycles. The van der Waals surface area contributed by atoms with E-state index in [0.29, 0.717) is 26.5 Å². The molecule has 25 heavy (non-hydrogen) atoms. The molecule has 1 N–H and O–H groups in total. The zero-order valence-corrected chi connectivity index (χ0v) is 16.1. The van der Waals surface area contributed by atoms with E-state index in [9.17, 15) is 16.8 Å². The smallest absolute Gasteiger partial charge is 0.236 e. The van der Waals surface area contributed by atoms with E-state index in [1.165, 1.54) is 6.07 Å². The highest BCUT2D eigenvalue weighted by Crippen LogP contribution is 2.28. The fourth-order valence-corrected chi connectivity index (χ4v) is 5.54. The van der Waals surface area contributed by atoms with Gasteiger partial charge in [-0.15, -0.1) is 11.3 Å². The fourth-order valence-electron chi connectivity index (χ4n) is 2.16. The van der Waals surface area contributed by atoms with Crippen molar-refractivity contribution in [2.45, 2.75) is 10.1 Å². The Hall–Kier alpha value is -1.68. The lowest BCUT2D eigenvalue weighted by molar-refractivity contribution is 0.599. The molecule has 0 spiro atoms. The number of rotatable bonds is 5. The zero-order chi connectivity index (χ0) is 18.2. The molecule has 3 rings (SSSR count). The fraction of sp³-hybridized carbons (Fsp3) is 0.133. The molecule has 0 radical (unpaired) electrons. The average molecular weight is 417 g/mol. The molecule has 0 bridgehead atoms. The Morgan fingerprint density at radius 1 is 1.12 bits per heavy atom. The molecule has 0 saturated carbocycles. The van der Waals surface area contributed by atoms with Gasteiger partial charge in [0.15, 0.2) is 0 Å². The van der Waals surface area contributed by atoms with E-state index in [4.69, 9.17) is 11.6 Å². The molecular formula is C15H13ClN2O4S3. The molecule has 0 amide bonds. The van der Waals surface area contributed by atoms with Crippen molar-refractivity contribution in [3.05, 3.63) is 53.1 Å². The third-order valence-corrected chi connectivity index (χ3v) is 7.57. The third kappa shape index (κ3) is 4.30. The normalized spacial score (nSPS) is 12.4. The van der Waals surface area contributed by atoms with Crippen LogP contribution in [0.5, 0.6) is 0 Å². The number of hydrogen-bond donors (Lipinski definition) is 1. The van der Waals surface area contributed by atoms with E-state index in [2.05, 4.69) is 9.71 Å². The van der Waals surface area contributed by atoms with Crippen molar-refractivity contribution in [1.29, 1.82) is 0 Å². The summed E-state index contributed by atoms with van der Waals surface area (Å²) >= 11 is 7.00. The summed E-state index contributed by atoms with van der Waals surface area (Å²) in [5.74, 6) is -0.262. The average Bonchev–Trinajstić information content (AvgIpc) is 2.92. The Kier molecular flexibility index (Phi) is 4.76. The first kappa shape index (κ1) is 18.1. The van der Waals surface area contributed by atoms with Crippen LogP contribution in [-0.2, 0) is 25.6 Å². The predicted molar refractivity (Wildman–Crippen MR) is 100 cm³/mol. The first-order valence-corrected chi connectivity index (χ1v) is 11.7. The van der Waals surface area contributed by atoms with Crippen molar-refractivity contribution in [3.63, 3.8) is 0 Å². The number of benzene rings is 2. The lowest BCUT2D eigenvalue weighted by Crippen LogP contribution is -2.15. The highest BCUT2D eigenvalue weighted by molar-refractivity contribution is 7.92. The number of hydrogen-bond acceptors (Lipinski definition) is 6. The van der Waals surface area contributed by atoms with Crippen molar-refractivity contribution in [1.82, 2.24) is 4.98 Å². The standard InChI is InChI=1S/C15H13ClN2O4S3/c1-24(19,20)15-17-13-7-6-11(8-14(13)23-15)18-25(21,22)9-10-4-2-3-5-12(10)16/h2-8,18H,9H2,1H3. The van der Waals surface area contributed by atoms with Gasteiger partial charge in [0.2, 0.25) is 24.2 Å². The maximum absolute atomic E-state index is 12.3. The van der Waals surface area contributed by atoms with E-state index in [1.807, 2.05) is 0 Å². The number of nitrogens with zero attached hydrogens (tertiary/aromatic N) is 1. The summed E-state index contributed by atoms with van der Waals surface area (Å²) in [4.78, 5) is 4.04. The summed E-state index contributed by atoms with van der Waals surface area (Å²) in [6.07, 6.45) is 1.08. The number of thiazole rings is 1. The molecular weight excluding hydrogens is 404 g/mol. The SMILES string of the molecule is CS(=O)(=O)c1nc2ccc(NS(=O)(=O)Cc3ccccc3Cl)cc2s1. The third-order valence-electron chi connectivity index (χ3n) is 3.26. The number of fused-ring (bicyclic) bond motifs is 1. The second-order valence-corrected chi connectivity index (χ2v) is 10.7. The van der Waals surface area contributed by atoms with Gasteiger partial charge in [0, 0.05) is 11.3 Å². The van der Waals surface area contributed by atoms with Crippen molar-refractivity contribution in [3.8, 4) is 0 Å². The maximum atomic E-state index is 12.3. The Morgan fingerprint density at radius 2 is 1.84 bits per heavy atom. The molecule has 3 aromatic rings. The highest BCUT2D eigenvalue weighted by Gasteiger charge is 2.17. The molecule has 1 heterocycles. The molecule has 0 atom stereocenters. The highest BCUT2D eigenvalue weighted by atomic mass is 35.5. The number of aromatic nitrogens is 1. The van der Waals surface area contributed by atoms with Crippen LogP contribution in [-0.4, -0.2) is 28.1 Å². The summed E-state index contributed by atoms with van der Waals surface area (Å²) < 4.78 is 50.9. The van der Waals surface area contributed by atoms with Gasteiger partial charge in [0.05, 0.1) is 21.7 Å². The van der Waals surface area contributed by atoms with Crippen molar-refractivity contribution in [2.75, 3.05) is 11.0 Å². The Labute approximate surface area is 154 Å². The molecule has 0 aliphatic carbocycles. The maximum Gasteiger partial charge on any atom is 0.236 e. The number of halogens is 1. The summed E-state index contributed by atoms with van der Waals surface area (Å²) in [5, 5.41) is 0.378. The number of anilines is 1.